The van der Waals surface area contributed by atoms with Crippen LogP contribution in [0.3, 0.4) is 0 Å². The highest BCUT2D eigenvalue weighted by Gasteiger charge is 2.24. The molecule has 0 heterocycles. The number of benzene rings is 1. The van der Waals surface area contributed by atoms with E-state index < -0.39 is 0 Å². The zero-order valence-corrected chi connectivity index (χ0v) is 11.6. The second-order valence-electron chi connectivity index (χ2n) is 5.56. The Hall–Kier alpha value is -1.35. The molecule has 0 aromatic heterocycles. The van der Waals surface area contributed by atoms with E-state index in [-0.39, 0.29) is 11.8 Å². The molecule has 1 fully saturated rings. The molecule has 2 rings (SSSR count). The smallest absolute Gasteiger partial charge is 0.227 e. The van der Waals surface area contributed by atoms with Gasteiger partial charge >= 0.3 is 0 Å². The summed E-state index contributed by atoms with van der Waals surface area (Å²) in [7, 11) is 0. The first-order valence-electron chi connectivity index (χ1n) is 7.29. The Bertz CT molecular complexity index is 404. The SMILES string of the molecule is CCC(C(=O)NCC1CCC(N)C1)c1ccccc1. The number of amides is 1. The molecule has 0 spiro atoms. The largest absolute Gasteiger partial charge is 0.355 e. The van der Waals surface area contributed by atoms with Crippen molar-refractivity contribution < 1.29 is 4.79 Å². The molecule has 1 amide bonds. The number of carbonyl (C=O) groups excluding carboxylic acids is 1. The number of carbonyl (C=O) groups is 1. The second kappa shape index (κ2) is 6.71. The van der Waals surface area contributed by atoms with Crippen LogP contribution < -0.4 is 11.1 Å². The lowest BCUT2D eigenvalue weighted by Gasteiger charge is -2.17. The highest BCUT2D eigenvalue weighted by atomic mass is 16.1. The molecule has 0 saturated heterocycles. The Morgan fingerprint density at radius 2 is 2.11 bits per heavy atom. The third-order valence-corrected chi connectivity index (χ3v) is 4.07. The summed E-state index contributed by atoms with van der Waals surface area (Å²) < 4.78 is 0. The molecule has 1 aromatic rings. The summed E-state index contributed by atoms with van der Waals surface area (Å²) in [6.45, 7) is 2.83. The van der Waals surface area contributed by atoms with Crippen molar-refractivity contribution in [2.24, 2.45) is 11.7 Å². The Morgan fingerprint density at radius 3 is 2.68 bits per heavy atom. The van der Waals surface area contributed by atoms with Crippen LogP contribution in [-0.4, -0.2) is 18.5 Å². The maximum atomic E-state index is 12.3. The first-order valence-corrected chi connectivity index (χ1v) is 7.29. The van der Waals surface area contributed by atoms with Crippen LogP contribution in [0.5, 0.6) is 0 Å². The van der Waals surface area contributed by atoms with Crippen molar-refractivity contribution in [1.29, 1.82) is 0 Å². The van der Waals surface area contributed by atoms with E-state index >= 15 is 0 Å². The van der Waals surface area contributed by atoms with Gasteiger partial charge in [-0.3, -0.25) is 4.79 Å². The van der Waals surface area contributed by atoms with Crippen LogP contribution in [0.1, 0.15) is 44.1 Å². The number of nitrogens with two attached hydrogens (primary N) is 1. The molecule has 1 aliphatic carbocycles. The van der Waals surface area contributed by atoms with Crippen molar-refractivity contribution in [3.05, 3.63) is 35.9 Å². The van der Waals surface area contributed by atoms with Crippen molar-refractivity contribution in [2.75, 3.05) is 6.54 Å². The van der Waals surface area contributed by atoms with Gasteiger partial charge < -0.3 is 11.1 Å². The third-order valence-electron chi connectivity index (χ3n) is 4.07. The van der Waals surface area contributed by atoms with E-state index in [4.69, 9.17) is 5.73 Å². The van der Waals surface area contributed by atoms with E-state index in [1.54, 1.807) is 0 Å². The molecule has 3 atom stereocenters. The Kier molecular flexibility index (Phi) is 4.97. The minimum absolute atomic E-state index is 0.0312. The molecule has 3 heteroatoms. The van der Waals surface area contributed by atoms with Crippen molar-refractivity contribution in [1.82, 2.24) is 5.32 Å². The van der Waals surface area contributed by atoms with Gasteiger partial charge in [-0.15, -0.1) is 0 Å². The summed E-state index contributed by atoms with van der Waals surface area (Å²) in [5, 5.41) is 3.10. The van der Waals surface area contributed by atoms with Crippen LogP contribution in [0.15, 0.2) is 30.3 Å². The molecule has 3 nitrogen and oxygen atoms in total. The number of nitrogens with one attached hydrogen (secondary N) is 1. The van der Waals surface area contributed by atoms with Crippen LogP contribution in [-0.2, 0) is 4.79 Å². The predicted octanol–water partition coefficient (Wildman–Crippen LogP) is 2.42. The lowest BCUT2D eigenvalue weighted by molar-refractivity contribution is -0.122. The van der Waals surface area contributed by atoms with E-state index in [2.05, 4.69) is 12.2 Å². The first-order chi connectivity index (χ1) is 9.20. The van der Waals surface area contributed by atoms with E-state index in [9.17, 15) is 4.79 Å². The van der Waals surface area contributed by atoms with Crippen LogP contribution >= 0.6 is 0 Å². The summed E-state index contributed by atoms with van der Waals surface area (Å²) in [5.74, 6) is 0.678. The maximum Gasteiger partial charge on any atom is 0.227 e. The van der Waals surface area contributed by atoms with Gasteiger partial charge in [-0.05, 0) is 37.2 Å². The minimum Gasteiger partial charge on any atom is -0.355 e. The standard InChI is InChI=1S/C16H24N2O/c1-2-15(13-6-4-3-5-7-13)16(19)18-11-12-8-9-14(17)10-12/h3-7,12,14-15H,2,8-11,17H2,1H3,(H,18,19). The quantitative estimate of drug-likeness (QED) is 0.854. The Labute approximate surface area is 115 Å². The summed E-state index contributed by atoms with van der Waals surface area (Å²) in [4.78, 5) is 12.3. The normalized spacial score (nSPS) is 24.1. The summed E-state index contributed by atoms with van der Waals surface area (Å²) in [6.07, 6.45) is 4.11. The zero-order chi connectivity index (χ0) is 13.7. The fourth-order valence-corrected chi connectivity index (χ4v) is 2.92. The van der Waals surface area contributed by atoms with Gasteiger partial charge in [0, 0.05) is 12.6 Å². The van der Waals surface area contributed by atoms with Crippen LogP contribution in [0, 0.1) is 5.92 Å². The molecule has 104 valence electrons. The molecule has 3 N–H and O–H groups in total. The molecular weight excluding hydrogens is 236 g/mol. The van der Waals surface area contributed by atoms with Crippen molar-refractivity contribution in [3.8, 4) is 0 Å². The summed E-state index contributed by atoms with van der Waals surface area (Å²) >= 11 is 0. The van der Waals surface area contributed by atoms with Gasteiger partial charge in [0.2, 0.25) is 5.91 Å². The summed E-state index contributed by atoms with van der Waals surface area (Å²) in [6, 6.07) is 10.3. The molecule has 0 bridgehead atoms. The van der Waals surface area contributed by atoms with Crippen molar-refractivity contribution in [2.45, 2.75) is 44.6 Å². The van der Waals surface area contributed by atoms with Crippen LogP contribution in [0.25, 0.3) is 0 Å². The number of hydrogen-bond donors (Lipinski definition) is 2. The fraction of sp³-hybridized carbons (Fsp3) is 0.562. The lowest BCUT2D eigenvalue weighted by Crippen LogP contribution is -2.33. The Balaban J connectivity index is 1.87. The third kappa shape index (κ3) is 3.80. The second-order valence-corrected chi connectivity index (χ2v) is 5.56. The molecule has 1 aliphatic rings. The lowest BCUT2D eigenvalue weighted by atomic mass is 9.95. The van der Waals surface area contributed by atoms with E-state index in [1.807, 2.05) is 30.3 Å². The molecule has 19 heavy (non-hydrogen) atoms. The average Bonchev–Trinajstić information content (AvgIpc) is 2.84. The zero-order valence-electron chi connectivity index (χ0n) is 11.6. The topological polar surface area (TPSA) is 55.1 Å². The van der Waals surface area contributed by atoms with Gasteiger partial charge in [-0.1, -0.05) is 37.3 Å². The van der Waals surface area contributed by atoms with E-state index in [0.717, 1.165) is 37.8 Å². The van der Waals surface area contributed by atoms with Crippen molar-refractivity contribution in [3.63, 3.8) is 0 Å². The van der Waals surface area contributed by atoms with E-state index in [0.29, 0.717) is 12.0 Å². The molecule has 0 aliphatic heterocycles. The molecular formula is C16H24N2O. The first kappa shape index (κ1) is 14.1. The van der Waals surface area contributed by atoms with Gasteiger partial charge in [-0.25, -0.2) is 0 Å². The maximum absolute atomic E-state index is 12.3. The van der Waals surface area contributed by atoms with Gasteiger partial charge in [0.15, 0.2) is 0 Å². The van der Waals surface area contributed by atoms with Crippen LogP contribution in [0.2, 0.25) is 0 Å². The fourth-order valence-electron chi connectivity index (χ4n) is 2.92. The van der Waals surface area contributed by atoms with Crippen LogP contribution in [0.4, 0.5) is 0 Å². The average molecular weight is 260 g/mol. The molecule has 3 unspecified atom stereocenters. The predicted molar refractivity (Wildman–Crippen MR) is 77.8 cm³/mol. The van der Waals surface area contributed by atoms with Gasteiger partial charge in [0.25, 0.3) is 0 Å². The monoisotopic (exact) mass is 260 g/mol. The number of rotatable bonds is 5. The highest BCUT2D eigenvalue weighted by Crippen LogP contribution is 2.24. The summed E-state index contributed by atoms with van der Waals surface area (Å²) in [5.41, 5.74) is 7.00. The minimum atomic E-state index is -0.0312. The van der Waals surface area contributed by atoms with Gasteiger partial charge in [-0.2, -0.15) is 0 Å². The molecule has 1 saturated carbocycles. The van der Waals surface area contributed by atoms with Gasteiger partial charge in [0.05, 0.1) is 5.92 Å². The molecule has 1 aromatic carbocycles. The van der Waals surface area contributed by atoms with E-state index in [1.165, 1.54) is 0 Å². The Morgan fingerprint density at radius 1 is 1.37 bits per heavy atom. The van der Waals surface area contributed by atoms with Gasteiger partial charge in [0.1, 0.15) is 0 Å². The molecule has 0 radical (unpaired) electrons. The van der Waals surface area contributed by atoms with Crippen molar-refractivity contribution >= 4 is 5.91 Å². The number of hydrogen-bond acceptors (Lipinski definition) is 2. The highest BCUT2D eigenvalue weighted by molar-refractivity contribution is 5.83.